The predicted octanol–water partition coefficient (Wildman–Crippen LogP) is 0.734. The maximum atomic E-state index is 10.7. The van der Waals surface area contributed by atoms with Gasteiger partial charge in [0.25, 0.3) is 0 Å². The molecule has 0 amide bonds. The van der Waals surface area contributed by atoms with Crippen molar-refractivity contribution in [3.05, 3.63) is 12.2 Å². The molecule has 0 aromatic carbocycles. The van der Waals surface area contributed by atoms with Crippen LogP contribution >= 0.6 is 0 Å². The molecule has 11 heavy (non-hydrogen) atoms. The highest BCUT2D eigenvalue weighted by Crippen LogP contribution is 1.93. The van der Waals surface area contributed by atoms with Crippen molar-refractivity contribution >= 4 is 5.97 Å². The first-order valence-corrected chi connectivity index (χ1v) is 3.61. The molecule has 3 heteroatoms. The zero-order valence-electron chi connectivity index (χ0n) is 6.91. The zero-order valence-corrected chi connectivity index (χ0v) is 6.91. The molecule has 1 unspecified atom stereocenters. The Balaban J connectivity index is 3.45. The molecule has 0 heterocycles. The lowest BCUT2D eigenvalue weighted by Crippen LogP contribution is -2.12. The van der Waals surface area contributed by atoms with Crippen molar-refractivity contribution in [2.24, 2.45) is 5.92 Å². The Hall–Kier alpha value is -0.830. The smallest absolute Gasteiger partial charge is 0.330 e. The van der Waals surface area contributed by atoms with E-state index in [4.69, 9.17) is 9.84 Å². The monoisotopic (exact) mass is 158 g/mol. The van der Waals surface area contributed by atoms with Crippen LogP contribution in [0.15, 0.2) is 12.2 Å². The van der Waals surface area contributed by atoms with E-state index < -0.39 is 0 Å². The Bertz CT molecular complexity index is 140. The average Bonchev–Trinajstić information content (AvgIpc) is 2.01. The van der Waals surface area contributed by atoms with E-state index in [1.54, 1.807) is 13.0 Å². The number of hydrogen-bond donors (Lipinski definition) is 1. The number of hydrogen-bond acceptors (Lipinski definition) is 3. The minimum Gasteiger partial charge on any atom is -0.462 e. The fourth-order valence-corrected chi connectivity index (χ4v) is 0.461. The molecule has 3 nitrogen and oxygen atoms in total. The quantitative estimate of drug-likeness (QED) is 0.484. The van der Waals surface area contributed by atoms with Gasteiger partial charge in [0.1, 0.15) is 0 Å². The first kappa shape index (κ1) is 10.2. The Morgan fingerprint density at radius 2 is 2.36 bits per heavy atom. The van der Waals surface area contributed by atoms with Crippen molar-refractivity contribution in [1.82, 2.24) is 0 Å². The van der Waals surface area contributed by atoms with Gasteiger partial charge >= 0.3 is 5.97 Å². The topological polar surface area (TPSA) is 46.5 Å². The molecule has 0 saturated carbocycles. The van der Waals surface area contributed by atoms with Gasteiger partial charge in [-0.3, -0.25) is 0 Å². The standard InChI is InChI=1S/C8H14O3/c1-3-4-8(10)11-6-7(2)5-9/h3-4,7,9H,5-6H2,1-2H3/b4-3-. The van der Waals surface area contributed by atoms with Crippen LogP contribution in [0.1, 0.15) is 13.8 Å². The van der Waals surface area contributed by atoms with Gasteiger partial charge < -0.3 is 9.84 Å². The van der Waals surface area contributed by atoms with E-state index in [-0.39, 0.29) is 25.1 Å². The summed E-state index contributed by atoms with van der Waals surface area (Å²) in [4.78, 5) is 10.7. The van der Waals surface area contributed by atoms with Gasteiger partial charge in [-0.2, -0.15) is 0 Å². The fourth-order valence-electron chi connectivity index (χ4n) is 0.461. The summed E-state index contributed by atoms with van der Waals surface area (Å²) in [5.41, 5.74) is 0. The van der Waals surface area contributed by atoms with E-state index >= 15 is 0 Å². The summed E-state index contributed by atoms with van der Waals surface area (Å²) in [5.74, 6) is -0.336. The Morgan fingerprint density at radius 3 is 2.82 bits per heavy atom. The van der Waals surface area contributed by atoms with Gasteiger partial charge in [0, 0.05) is 18.6 Å². The molecule has 64 valence electrons. The van der Waals surface area contributed by atoms with Crippen LogP contribution in [0.4, 0.5) is 0 Å². The number of esters is 1. The second-order valence-electron chi connectivity index (χ2n) is 2.42. The summed E-state index contributed by atoms with van der Waals surface area (Å²) in [6.45, 7) is 3.88. The molecular formula is C8H14O3. The third-order valence-corrected chi connectivity index (χ3v) is 1.12. The molecule has 0 saturated heterocycles. The second-order valence-corrected chi connectivity index (χ2v) is 2.42. The van der Waals surface area contributed by atoms with Crippen LogP contribution in [0.5, 0.6) is 0 Å². The molecule has 0 aliphatic carbocycles. The second kappa shape index (κ2) is 5.92. The Kier molecular flexibility index (Phi) is 5.47. The molecule has 1 atom stereocenters. The summed E-state index contributed by atoms with van der Waals surface area (Å²) < 4.78 is 4.75. The minimum atomic E-state index is -0.354. The zero-order chi connectivity index (χ0) is 8.69. The number of carbonyl (C=O) groups is 1. The SMILES string of the molecule is C/C=C\C(=O)OCC(C)CO. The summed E-state index contributed by atoms with van der Waals surface area (Å²) in [6, 6.07) is 0. The van der Waals surface area contributed by atoms with Crippen LogP contribution < -0.4 is 0 Å². The largest absolute Gasteiger partial charge is 0.462 e. The summed E-state index contributed by atoms with van der Waals surface area (Å²) in [6.07, 6.45) is 2.97. The van der Waals surface area contributed by atoms with Gasteiger partial charge in [-0.15, -0.1) is 0 Å². The van der Waals surface area contributed by atoms with Crippen LogP contribution in [0, 0.1) is 5.92 Å². The molecule has 0 spiro atoms. The first-order chi connectivity index (χ1) is 5.20. The fraction of sp³-hybridized carbons (Fsp3) is 0.625. The highest BCUT2D eigenvalue weighted by molar-refractivity contribution is 5.81. The van der Waals surface area contributed by atoms with Crippen molar-refractivity contribution in [3.63, 3.8) is 0 Å². The third-order valence-electron chi connectivity index (χ3n) is 1.12. The number of aliphatic hydroxyl groups is 1. The van der Waals surface area contributed by atoms with Crippen molar-refractivity contribution in [3.8, 4) is 0 Å². The van der Waals surface area contributed by atoms with Gasteiger partial charge in [0.05, 0.1) is 6.61 Å². The van der Waals surface area contributed by atoms with E-state index in [9.17, 15) is 4.79 Å². The van der Waals surface area contributed by atoms with Crippen LogP contribution in [0.2, 0.25) is 0 Å². The summed E-state index contributed by atoms with van der Waals surface area (Å²) in [5, 5.41) is 8.57. The predicted molar refractivity (Wildman–Crippen MR) is 42.0 cm³/mol. The van der Waals surface area contributed by atoms with E-state index in [1.807, 2.05) is 6.92 Å². The first-order valence-electron chi connectivity index (χ1n) is 3.61. The molecule has 0 aliphatic rings. The molecular weight excluding hydrogens is 144 g/mol. The van der Waals surface area contributed by atoms with Crippen LogP contribution in [-0.4, -0.2) is 24.3 Å². The van der Waals surface area contributed by atoms with E-state index in [2.05, 4.69) is 0 Å². The van der Waals surface area contributed by atoms with Crippen LogP contribution in [-0.2, 0) is 9.53 Å². The van der Waals surface area contributed by atoms with Gasteiger partial charge in [-0.25, -0.2) is 4.79 Å². The average molecular weight is 158 g/mol. The molecule has 0 radical (unpaired) electrons. The third kappa shape index (κ3) is 5.61. The molecule has 0 aromatic heterocycles. The Labute approximate surface area is 66.7 Å². The Morgan fingerprint density at radius 1 is 1.73 bits per heavy atom. The summed E-state index contributed by atoms with van der Waals surface area (Å²) >= 11 is 0. The lowest BCUT2D eigenvalue weighted by atomic mass is 10.2. The van der Waals surface area contributed by atoms with Crippen molar-refractivity contribution in [1.29, 1.82) is 0 Å². The number of aliphatic hydroxyl groups excluding tert-OH is 1. The van der Waals surface area contributed by atoms with Gasteiger partial charge in [0.2, 0.25) is 0 Å². The van der Waals surface area contributed by atoms with Gasteiger partial charge in [0.15, 0.2) is 0 Å². The molecule has 0 aromatic rings. The maximum Gasteiger partial charge on any atom is 0.330 e. The number of rotatable bonds is 4. The van der Waals surface area contributed by atoms with Crippen LogP contribution in [0.25, 0.3) is 0 Å². The molecule has 0 aliphatic heterocycles. The van der Waals surface area contributed by atoms with Gasteiger partial charge in [-0.05, 0) is 6.92 Å². The normalized spacial score (nSPS) is 13.4. The molecule has 0 rings (SSSR count). The maximum absolute atomic E-state index is 10.7. The van der Waals surface area contributed by atoms with E-state index in [1.165, 1.54) is 6.08 Å². The highest BCUT2D eigenvalue weighted by Gasteiger charge is 2.02. The highest BCUT2D eigenvalue weighted by atomic mass is 16.5. The molecule has 1 N–H and O–H groups in total. The van der Waals surface area contributed by atoms with Crippen molar-refractivity contribution in [2.45, 2.75) is 13.8 Å². The van der Waals surface area contributed by atoms with Gasteiger partial charge in [-0.1, -0.05) is 13.0 Å². The van der Waals surface area contributed by atoms with E-state index in [0.29, 0.717) is 0 Å². The molecule has 0 bridgehead atoms. The number of carbonyl (C=O) groups excluding carboxylic acids is 1. The van der Waals surface area contributed by atoms with Crippen LogP contribution in [0.3, 0.4) is 0 Å². The van der Waals surface area contributed by atoms with Crippen molar-refractivity contribution in [2.75, 3.05) is 13.2 Å². The lowest BCUT2D eigenvalue weighted by molar-refractivity contribution is -0.139. The number of allylic oxidation sites excluding steroid dienone is 1. The lowest BCUT2D eigenvalue weighted by Gasteiger charge is -2.06. The minimum absolute atomic E-state index is 0.0178. The number of ether oxygens (including phenoxy) is 1. The van der Waals surface area contributed by atoms with Crippen molar-refractivity contribution < 1.29 is 14.6 Å². The summed E-state index contributed by atoms with van der Waals surface area (Å²) in [7, 11) is 0. The van der Waals surface area contributed by atoms with E-state index in [0.717, 1.165) is 0 Å². The molecule has 0 fully saturated rings.